The molecule has 1 N–H and O–H groups in total. The van der Waals surface area contributed by atoms with Crippen LogP contribution in [0.5, 0.6) is 0 Å². The van der Waals surface area contributed by atoms with E-state index in [-0.39, 0.29) is 11.6 Å². The number of carbonyl (C=O) groups excluding carboxylic acids is 2. The van der Waals surface area contributed by atoms with Crippen molar-refractivity contribution in [2.75, 3.05) is 52.6 Å². The molecule has 2 unspecified atom stereocenters. The molecule has 3 aromatic rings. The molecule has 2 saturated heterocycles. The number of hydrogen-bond donors (Lipinski definition) is 1. The predicted molar refractivity (Wildman–Crippen MR) is 155 cm³/mol. The second-order valence-corrected chi connectivity index (χ2v) is 11.5. The number of para-hydroxylation sites is 1. The Labute approximate surface area is 231 Å². The third kappa shape index (κ3) is 4.17. The summed E-state index contributed by atoms with van der Waals surface area (Å²) in [5, 5.41) is 2.26. The predicted octanol–water partition coefficient (Wildman–Crippen LogP) is 4.72. The van der Waals surface area contributed by atoms with Crippen LogP contribution in [0.2, 0.25) is 0 Å². The second-order valence-electron chi connectivity index (χ2n) is 11.5. The van der Waals surface area contributed by atoms with Crippen LogP contribution < -0.4 is 0 Å². The fourth-order valence-corrected chi connectivity index (χ4v) is 7.76. The molecule has 0 bridgehead atoms. The van der Waals surface area contributed by atoms with Crippen LogP contribution in [0.25, 0.3) is 21.8 Å². The quantitative estimate of drug-likeness (QED) is 0.429. The van der Waals surface area contributed by atoms with Crippen LogP contribution in [-0.4, -0.2) is 90.0 Å². The van der Waals surface area contributed by atoms with Crippen molar-refractivity contribution in [3.8, 4) is 0 Å². The lowest BCUT2D eigenvalue weighted by molar-refractivity contribution is -0.162. The highest BCUT2D eigenvalue weighted by Gasteiger charge is 2.67. The van der Waals surface area contributed by atoms with Crippen molar-refractivity contribution in [2.24, 2.45) is 0 Å². The van der Waals surface area contributed by atoms with Crippen LogP contribution in [0.15, 0.2) is 42.5 Å². The number of Topliss-reactive ketones (excluding diaryl/α,β-unsaturated/α-hetero) is 2. The van der Waals surface area contributed by atoms with E-state index in [1.165, 1.54) is 0 Å². The van der Waals surface area contributed by atoms with Crippen molar-refractivity contribution < 1.29 is 19.1 Å². The molecule has 3 heterocycles. The maximum atomic E-state index is 14.2. The summed E-state index contributed by atoms with van der Waals surface area (Å²) in [4.78, 5) is 36.5. The molecule has 5 rings (SSSR count). The Morgan fingerprint density at radius 3 is 1.82 bits per heavy atom. The molecule has 2 atom stereocenters. The van der Waals surface area contributed by atoms with Gasteiger partial charge in [-0.3, -0.25) is 19.4 Å². The van der Waals surface area contributed by atoms with Crippen LogP contribution in [0.1, 0.15) is 53.0 Å². The van der Waals surface area contributed by atoms with Crippen molar-refractivity contribution >= 4 is 33.4 Å². The molecule has 1 aromatic heterocycles. The van der Waals surface area contributed by atoms with E-state index in [1.54, 1.807) is 13.8 Å². The summed E-state index contributed by atoms with van der Waals surface area (Å²) in [5.41, 5.74) is 0.424. The third-order valence-corrected chi connectivity index (χ3v) is 9.94. The lowest BCUT2D eigenvalue weighted by atomic mass is 9.50. The fraction of sp³-hybridized carbons (Fsp3) is 0.562. The summed E-state index contributed by atoms with van der Waals surface area (Å²) in [6.45, 7) is 14.6. The Hall–Kier alpha value is -2.58. The molecule has 0 saturated carbocycles. The van der Waals surface area contributed by atoms with Crippen molar-refractivity contribution in [2.45, 2.75) is 64.0 Å². The number of ether oxygens (including phenoxy) is 2. The maximum absolute atomic E-state index is 14.2. The fourth-order valence-electron chi connectivity index (χ4n) is 7.76. The van der Waals surface area contributed by atoms with E-state index < -0.39 is 16.5 Å². The zero-order chi connectivity index (χ0) is 27.8. The number of aromatic amines is 1. The molecular formula is C32H43N3O4. The van der Waals surface area contributed by atoms with E-state index in [0.717, 1.165) is 33.8 Å². The molecule has 2 aliphatic heterocycles. The second kappa shape index (κ2) is 10.8. The standard InChI is InChI=1S/C32H43N3O4/c1-6-13-32(30(4,23(2)36)34-14-18-38-19-15-34,31(5,24(3)37)35-16-20-39-21-17-35)25-11-12-29-27(22-25)26-9-7-8-10-28(26)33-29/h7-12,22,33H,6,13-21H2,1-5H3. The van der Waals surface area contributed by atoms with Gasteiger partial charge >= 0.3 is 0 Å². The van der Waals surface area contributed by atoms with Gasteiger partial charge in [0.15, 0.2) is 11.6 Å². The highest BCUT2D eigenvalue weighted by atomic mass is 16.5. The maximum Gasteiger partial charge on any atom is 0.150 e. The molecular weight excluding hydrogens is 490 g/mol. The van der Waals surface area contributed by atoms with Gasteiger partial charge in [-0.15, -0.1) is 0 Å². The molecule has 39 heavy (non-hydrogen) atoms. The average Bonchev–Trinajstić information content (AvgIpc) is 3.34. The normalized spacial score (nSPS) is 22.3. The first kappa shape index (κ1) is 28.0. The first-order valence-corrected chi connectivity index (χ1v) is 14.4. The minimum Gasteiger partial charge on any atom is -0.379 e. The van der Waals surface area contributed by atoms with Crippen LogP contribution in [0, 0.1) is 0 Å². The van der Waals surface area contributed by atoms with Gasteiger partial charge in [0.05, 0.1) is 37.5 Å². The summed E-state index contributed by atoms with van der Waals surface area (Å²) < 4.78 is 11.5. The minimum absolute atomic E-state index is 0.0811. The Morgan fingerprint density at radius 2 is 1.31 bits per heavy atom. The number of aromatic nitrogens is 1. The molecule has 0 spiro atoms. The molecule has 2 fully saturated rings. The first-order valence-electron chi connectivity index (χ1n) is 14.4. The van der Waals surface area contributed by atoms with Gasteiger partial charge in [-0.1, -0.05) is 37.6 Å². The average molecular weight is 534 g/mol. The Balaban J connectivity index is 1.88. The summed E-state index contributed by atoms with van der Waals surface area (Å²) in [5.74, 6) is 0.162. The van der Waals surface area contributed by atoms with E-state index in [1.807, 2.05) is 6.07 Å². The molecule has 0 radical (unpaired) electrons. The van der Waals surface area contributed by atoms with Crippen molar-refractivity contribution in [3.63, 3.8) is 0 Å². The molecule has 7 nitrogen and oxygen atoms in total. The number of rotatable bonds is 9. The lowest BCUT2D eigenvalue weighted by Gasteiger charge is -2.63. The Morgan fingerprint density at radius 1 is 0.795 bits per heavy atom. The SMILES string of the molecule is CCCC(c1ccc2[nH]c3ccccc3c2c1)(C(C)(C(C)=O)N1CCOCC1)C(C)(C(C)=O)N1CCOCC1. The van der Waals surface area contributed by atoms with Crippen molar-refractivity contribution in [3.05, 3.63) is 48.0 Å². The number of nitrogens with zero attached hydrogens (tertiary/aromatic N) is 2. The van der Waals surface area contributed by atoms with Crippen LogP contribution >= 0.6 is 0 Å². The number of morpholine rings is 2. The molecule has 210 valence electrons. The van der Waals surface area contributed by atoms with E-state index >= 15 is 0 Å². The summed E-state index contributed by atoms with van der Waals surface area (Å²) in [7, 11) is 0. The molecule has 0 aliphatic carbocycles. The zero-order valence-electron chi connectivity index (χ0n) is 24.1. The van der Waals surface area contributed by atoms with E-state index in [0.29, 0.717) is 59.0 Å². The van der Waals surface area contributed by atoms with Crippen molar-refractivity contribution in [1.82, 2.24) is 14.8 Å². The topological polar surface area (TPSA) is 74.9 Å². The number of carbonyl (C=O) groups is 2. The zero-order valence-corrected chi connectivity index (χ0v) is 24.1. The number of benzene rings is 2. The van der Waals surface area contributed by atoms with Gasteiger partial charge in [0.2, 0.25) is 0 Å². The van der Waals surface area contributed by atoms with Gasteiger partial charge in [0, 0.05) is 53.4 Å². The number of ketones is 2. The summed E-state index contributed by atoms with van der Waals surface area (Å²) in [6, 6.07) is 14.9. The van der Waals surface area contributed by atoms with Crippen molar-refractivity contribution in [1.29, 1.82) is 0 Å². The minimum atomic E-state index is -0.953. The van der Waals surface area contributed by atoms with E-state index in [2.05, 4.69) is 72.0 Å². The third-order valence-electron chi connectivity index (χ3n) is 9.94. The molecule has 2 aromatic carbocycles. The number of H-pyrrole nitrogens is 1. The molecule has 2 aliphatic rings. The van der Waals surface area contributed by atoms with Crippen LogP contribution in [0.4, 0.5) is 0 Å². The monoisotopic (exact) mass is 533 g/mol. The highest BCUT2D eigenvalue weighted by molar-refractivity contribution is 6.07. The lowest BCUT2D eigenvalue weighted by Crippen LogP contribution is -2.78. The van der Waals surface area contributed by atoms with Gasteiger partial charge < -0.3 is 14.5 Å². The molecule has 7 heteroatoms. The highest BCUT2D eigenvalue weighted by Crippen LogP contribution is 2.54. The number of nitrogens with one attached hydrogen (secondary N) is 1. The first-order chi connectivity index (χ1) is 18.7. The Bertz CT molecular complexity index is 1310. The van der Waals surface area contributed by atoms with Gasteiger partial charge in [0.1, 0.15) is 0 Å². The summed E-state index contributed by atoms with van der Waals surface area (Å²) >= 11 is 0. The van der Waals surface area contributed by atoms with E-state index in [9.17, 15) is 9.59 Å². The van der Waals surface area contributed by atoms with Crippen LogP contribution in [-0.2, 0) is 24.5 Å². The smallest absolute Gasteiger partial charge is 0.150 e. The van der Waals surface area contributed by atoms with Gasteiger partial charge in [0.25, 0.3) is 0 Å². The van der Waals surface area contributed by atoms with Gasteiger partial charge in [-0.25, -0.2) is 0 Å². The van der Waals surface area contributed by atoms with Gasteiger partial charge in [-0.05, 0) is 57.9 Å². The van der Waals surface area contributed by atoms with Gasteiger partial charge in [-0.2, -0.15) is 0 Å². The summed E-state index contributed by atoms with van der Waals surface area (Å²) in [6.07, 6.45) is 1.51. The van der Waals surface area contributed by atoms with E-state index in [4.69, 9.17) is 9.47 Å². The number of hydrogen-bond acceptors (Lipinski definition) is 6. The Kier molecular flexibility index (Phi) is 7.72. The molecule has 0 amide bonds. The number of fused-ring (bicyclic) bond motifs is 3. The largest absolute Gasteiger partial charge is 0.379 e. The van der Waals surface area contributed by atoms with Crippen LogP contribution in [0.3, 0.4) is 0 Å².